The molecule has 1 aliphatic rings. The Morgan fingerprint density at radius 1 is 1.17 bits per heavy atom. The molecule has 30 heavy (non-hydrogen) atoms. The number of esters is 1. The summed E-state index contributed by atoms with van der Waals surface area (Å²) in [4.78, 5) is 26.3. The second-order valence-electron chi connectivity index (χ2n) is 9.70. The lowest BCUT2D eigenvalue weighted by Gasteiger charge is -2.29. The smallest absolute Gasteiger partial charge is 0.410 e. The minimum Gasteiger partial charge on any atom is -0.460 e. The highest BCUT2D eigenvalue weighted by atomic mass is 79.9. The Balaban J connectivity index is 2.31. The molecular formula is C22H30BrF2NO4. The summed E-state index contributed by atoms with van der Waals surface area (Å²) in [5, 5.41) is 0. The van der Waals surface area contributed by atoms with Crippen LogP contribution in [0.3, 0.4) is 0 Å². The number of hydrogen-bond acceptors (Lipinski definition) is 4. The van der Waals surface area contributed by atoms with Crippen molar-refractivity contribution in [3.8, 4) is 0 Å². The maximum Gasteiger partial charge on any atom is 0.410 e. The fourth-order valence-electron chi connectivity index (χ4n) is 3.38. The van der Waals surface area contributed by atoms with Gasteiger partial charge in [0.1, 0.15) is 11.2 Å². The third kappa shape index (κ3) is 6.93. The Kier molecular flexibility index (Phi) is 7.21. The highest BCUT2D eigenvalue weighted by Crippen LogP contribution is 2.41. The molecule has 1 unspecified atom stereocenters. The van der Waals surface area contributed by atoms with Gasteiger partial charge in [-0.15, -0.1) is 0 Å². The number of likely N-dealkylation sites (tertiary alicyclic amines) is 1. The standard InChI is InChI=1S/C22H30BrF2NO4/c1-20(2,3)29-18(27)16(11-14-8-7-9-15(23)10-14)17-12-26(13-22(17,24)25)19(28)30-21(4,5)6/h7-10,16-17H,11-13H2,1-6H3/t16-,17?/m0/s1. The summed E-state index contributed by atoms with van der Waals surface area (Å²) >= 11 is 3.37. The molecule has 1 saturated heterocycles. The number of rotatable bonds is 4. The fourth-order valence-corrected chi connectivity index (χ4v) is 3.83. The van der Waals surface area contributed by atoms with Crippen LogP contribution >= 0.6 is 15.9 Å². The Morgan fingerprint density at radius 2 is 1.77 bits per heavy atom. The van der Waals surface area contributed by atoms with E-state index in [1.165, 1.54) is 0 Å². The van der Waals surface area contributed by atoms with Crippen LogP contribution in [0.25, 0.3) is 0 Å². The van der Waals surface area contributed by atoms with E-state index in [0.717, 1.165) is 14.9 Å². The van der Waals surface area contributed by atoms with Gasteiger partial charge < -0.3 is 14.4 Å². The van der Waals surface area contributed by atoms with E-state index in [2.05, 4.69) is 15.9 Å². The van der Waals surface area contributed by atoms with Crippen LogP contribution in [-0.4, -0.2) is 47.2 Å². The molecule has 1 aromatic carbocycles. The number of nitrogens with zero attached hydrogens (tertiary/aromatic N) is 1. The van der Waals surface area contributed by atoms with Gasteiger partial charge in [-0.05, 0) is 65.7 Å². The molecule has 0 radical (unpaired) electrons. The second kappa shape index (κ2) is 8.81. The maximum absolute atomic E-state index is 15.0. The molecule has 1 heterocycles. The summed E-state index contributed by atoms with van der Waals surface area (Å²) < 4.78 is 41.5. The molecule has 1 aliphatic heterocycles. The highest BCUT2D eigenvalue weighted by Gasteiger charge is 2.55. The van der Waals surface area contributed by atoms with Crippen LogP contribution < -0.4 is 0 Å². The minimum atomic E-state index is -3.25. The van der Waals surface area contributed by atoms with Gasteiger partial charge in [0.05, 0.1) is 18.4 Å². The zero-order valence-corrected chi connectivity index (χ0v) is 19.9. The number of carbonyl (C=O) groups excluding carboxylic acids is 2. The highest BCUT2D eigenvalue weighted by molar-refractivity contribution is 9.10. The van der Waals surface area contributed by atoms with E-state index in [1.54, 1.807) is 59.7 Å². The van der Waals surface area contributed by atoms with E-state index in [-0.39, 0.29) is 13.0 Å². The van der Waals surface area contributed by atoms with Crippen LogP contribution in [-0.2, 0) is 20.7 Å². The topological polar surface area (TPSA) is 55.8 Å². The van der Waals surface area contributed by atoms with Crippen molar-refractivity contribution in [2.75, 3.05) is 13.1 Å². The number of hydrogen-bond donors (Lipinski definition) is 0. The van der Waals surface area contributed by atoms with Crippen LogP contribution in [0.1, 0.15) is 47.1 Å². The number of alkyl halides is 2. The van der Waals surface area contributed by atoms with Gasteiger partial charge in [-0.3, -0.25) is 4.79 Å². The first-order chi connectivity index (χ1) is 13.6. The van der Waals surface area contributed by atoms with Gasteiger partial charge >= 0.3 is 12.1 Å². The first-order valence-corrected chi connectivity index (χ1v) is 10.7. The second-order valence-corrected chi connectivity index (χ2v) is 10.6. The fraction of sp³-hybridized carbons (Fsp3) is 0.636. The Bertz CT molecular complexity index is 786. The number of ether oxygens (including phenoxy) is 2. The van der Waals surface area contributed by atoms with E-state index >= 15 is 8.78 Å². The van der Waals surface area contributed by atoms with Crippen molar-refractivity contribution in [1.29, 1.82) is 0 Å². The molecule has 0 bridgehead atoms. The molecule has 0 aromatic heterocycles. The largest absolute Gasteiger partial charge is 0.460 e. The first kappa shape index (κ1) is 24.6. The molecule has 1 fully saturated rings. The molecule has 0 spiro atoms. The third-order valence-electron chi connectivity index (χ3n) is 4.55. The van der Waals surface area contributed by atoms with Crippen molar-refractivity contribution < 1.29 is 27.8 Å². The van der Waals surface area contributed by atoms with Gasteiger partial charge in [-0.2, -0.15) is 0 Å². The van der Waals surface area contributed by atoms with Crippen molar-refractivity contribution in [1.82, 2.24) is 4.90 Å². The van der Waals surface area contributed by atoms with Crippen LogP contribution in [0.15, 0.2) is 28.7 Å². The zero-order chi connectivity index (χ0) is 22.9. The van der Waals surface area contributed by atoms with Crippen molar-refractivity contribution in [2.24, 2.45) is 11.8 Å². The molecule has 0 aliphatic carbocycles. The van der Waals surface area contributed by atoms with Gasteiger partial charge in [0.25, 0.3) is 5.92 Å². The van der Waals surface area contributed by atoms with Crippen molar-refractivity contribution in [3.05, 3.63) is 34.3 Å². The van der Waals surface area contributed by atoms with Crippen LogP contribution in [0.5, 0.6) is 0 Å². The van der Waals surface area contributed by atoms with Gasteiger partial charge in [-0.1, -0.05) is 28.1 Å². The number of halogens is 3. The SMILES string of the molecule is CC(C)(C)OC(=O)[C@@H](Cc1cccc(Br)c1)C1CN(C(=O)OC(C)(C)C)CC1(F)F. The van der Waals surface area contributed by atoms with Gasteiger partial charge in [-0.25, -0.2) is 13.6 Å². The number of carbonyl (C=O) groups is 2. The monoisotopic (exact) mass is 489 g/mol. The normalized spacial score (nSPS) is 20.0. The molecule has 2 atom stereocenters. The summed E-state index contributed by atoms with van der Waals surface area (Å²) in [5.41, 5.74) is -0.886. The van der Waals surface area contributed by atoms with Crippen LogP contribution in [0.2, 0.25) is 0 Å². The quantitative estimate of drug-likeness (QED) is 0.527. The number of benzene rings is 1. The Labute approximate surface area is 185 Å². The Hall–Kier alpha value is -1.70. The molecule has 1 amide bonds. The maximum atomic E-state index is 15.0. The van der Waals surface area contributed by atoms with Crippen LogP contribution in [0, 0.1) is 11.8 Å². The average molecular weight is 490 g/mol. The molecule has 5 nitrogen and oxygen atoms in total. The van der Waals surface area contributed by atoms with Crippen molar-refractivity contribution in [2.45, 2.75) is 65.1 Å². The van der Waals surface area contributed by atoms with E-state index in [9.17, 15) is 9.59 Å². The molecule has 1 aromatic rings. The first-order valence-electron chi connectivity index (χ1n) is 9.90. The lowest BCUT2D eigenvalue weighted by Crippen LogP contribution is -2.41. The predicted octanol–water partition coefficient (Wildman–Crippen LogP) is 5.45. The van der Waals surface area contributed by atoms with E-state index in [4.69, 9.17) is 9.47 Å². The van der Waals surface area contributed by atoms with E-state index < -0.39 is 47.6 Å². The summed E-state index contributed by atoms with van der Waals surface area (Å²) in [5.74, 6) is -6.43. The third-order valence-corrected chi connectivity index (χ3v) is 5.05. The Morgan fingerprint density at radius 3 is 2.30 bits per heavy atom. The van der Waals surface area contributed by atoms with E-state index in [0.29, 0.717) is 0 Å². The lowest BCUT2D eigenvalue weighted by atomic mass is 9.84. The summed E-state index contributed by atoms with van der Waals surface area (Å²) in [6, 6.07) is 7.17. The lowest BCUT2D eigenvalue weighted by molar-refractivity contribution is -0.166. The molecule has 8 heteroatoms. The van der Waals surface area contributed by atoms with Gasteiger partial charge in [0.2, 0.25) is 0 Å². The zero-order valence-electron chi connectivity index (χ0n) is 18.3. The van der Waals surface area contributed by atoms with Crippen molar-refractivity contribution >= 4 is 28.0 Å². The van der Waals surface area contributed by atoms with Crippen molar-refractivity contribution in [3.63, 3.8) is 0 Å². The molecule has 2 rings (SSSR count). The van der Waals surface area contributed by atoms with Gasteiger partial charge in [0.15, 0.2) is 0 Å². The van der Waals surface area contributed by atoms with E-state index in [1.807, 2.05) is 6.07 Å². The molecule has 0 N–H and O–H groups in total. The average Bonchev–Trinajstić information content (AvgIpc) is 2.85. The summed E-state index contributed by atoms with van der Waals surface area (Å²) in [6.45, 7) is 9.04. The predicted molar refractivity (Wildman–Crippen MR) is 113 cm³/mol. The van der Waals surface area contributed by atoms with Crippen LogP contribution in [0.4, 0.5) is 13.6 Å². The summed E-state index contributed by atoms with van der Waals surface area (Å²) in [6.07, 6.45) is -0.730. The molecular weight excluding hydrogens is 460 g/mol. The van der Waals surface area contributed by atoms with Gasteiger partial charge in [0, 0.05) is 11.0 Å². The summed E-state index contributed by atoms with van der Waals surface area (Å²) in [7, 11) is 0. The molecule has 0 saturated carbocycles. The minimum absolute atomic E-state index is 0.0801. The molecule has 168 valence electrons. The number of amides is 1.